The van der Waals surface area contributed by atoms with Crippen molar-refractivity contribution in [3.8, 4) is 0 Å². The van der Waals surface area contributed by atoms with Crippen molar-refractivity contribution < 1.29 is 4.52 Å². The third-order valence-electron chi connectivity index (χ3n) is 2.61. The van der Waals surface area contributed by atoms with Gasteiger partial charge in [-0.3, -0.25) is 5.73 Å². The van der Waals surface area contributed by atoms with Gasteiger partial charge in [0.15, 0.2) is 5.79 Å². The lowest BCUT2D eigenvalue weighted by Gasteiger charge is -2.29. The Morgan fingerprint density at radius 1 is 1.44 bits per heavy atom. The lowest BCUT2D eigenvalue weighted by atomic mass is 10.1. The maximum atomic E-state index is 6.07. The maximum Gasteiger partial charge on any atom is 0.192 e. The van der Waals surface area contributed by atoms with Crippen LogP contribution in [0.1, 0.15) is 31.2 Å². The van der Waals surface area contributed by atoms with Crippen LogP contribution in [0, 0.1) is 0 Å². The van der Waals surface area contributed by atoms with Crippen LogP contribution in [0.5, 0.6) is 0 Å². The Morgan fingerprint density at radius 2 is 2.17 bits per heavy atom. The normalized spacial score (nSPS) is 23.6. The molecule has 0 saturated heterocycles. The quantitative estimate of drug-likeness (QED) is 0.583. The minimum absolute atomic E-state index is 0.289. The monoisotopic (exact) mass is 250 g/mol. The number of rotatable bonds is 3. The Kier molecular flexibility index (Phi) is 3.00. The summed E-state index contributed by atoms with van der Waals surface area (Å²) in [7, 11) is 0. The van der Waals surface area contributed by atoms with Crippen LogP contribution in [-0.4, -0.2) is 16.8 Å². The zero-order valence-electron chi connectivity index (χ0n) is 10.5. The van der Waals surface area contributed by atoms with Gasteiger partial charge >= 0.3 is 0 Å². The highest BCUT2D eigenvalue weighted by Gasteiger charge is 2.29. The van der Waals surface area contributed by atoms with Gasteiger partial charge in [-0.1, -0.05) is 19.0 Å². The SMILES string of the molecule is CC(C)c1cc(CC2(N)N=C(N)C=C(N)N2)on1. The average Bonchev–Trinajstić information content (AvgIpc) is 2.62. The van der Waals surface area contributed by atoms with Crippen LogP contribution >= 0.6 is 0 Å². The number of hydrogen-bond donors (Lipinski definition) is 4. The fraction of sp³-hybridized carbons (Fsp3) is 0.455. The molecule has 0 radical (unpaired) electrons. The van der Waals surface area contributed by atoms with Crippen LogP contribution in [0.2, 0.25) is 0 Å². The number of nitrogens with zero attached hydrogens (tertiary/aromatic N) is 2. The topological polar surface area (TPSA) is 128 Å². The summed E-state index contributed by atoms with van der Waals surface area (Å²) in [6.45, 7) is 4.07. The first-order chi connectivity index (χ1) is 8.38. The van der Waals surface area contributed by atoms with E-state index in [0.29, 0.717) is 23.9 Å². The third-order valence-corrected chi connectivity index (χ3v) is 2.61. The van der Waals surface area contributed by atoms with Crippen molar-refractivity contribution in [1.82, 2.24) is 10.5 Å². The van der Waals surface area contributed by atoms with Crippen LogP contribution in [0.15, 0.2) is 27.5 Å². The second kappa shape index (κ2) is 4.34. The van der Waals surface area contributed by atoms with E-state index < -0.39 is 5.79 Å². The second-order valence-electron chi connectivity index (χ2n) is 4.74. The highest BCUT2D eigenvalue weighted by atomic mass is 16.5. The van der Waals surface area contributed by atoms with Gasteiger partial charge in [0, 0.05) is 12.1 Å². The van der Waals surface area contributed by atoms with Gasteiger partial charge in [-0.05, 0) is 5.92 Å². The van der Waals surface area contributed by atoms with Gasteiger partial charge in [-0.25, -0.2) is 4.99 Å². The summed E-state index contributed by atoms with van der Waals surface area (Å²) in [6, 6.07) is 1.86. The van der Waals surface area contributed by atoms with Crippen molar-refractivity contribution in [1.29, 1.82) is 0 Å². The summed E-state index contributed by atoms with van der Waals surface area (Å²) >= 11 is 0. The number of nitrogens with one attached hydrogen (secondary N) is 1. The summed E-state index contributed by atoms with van der Waals surface area (Å²) in [5, 5.41) is 6.84. The van der Waals surface area contributed by atoms with E-state index in [1.807, 2.05) is 19.9 Å². The molecule has 2 rings (SSSR count). The molecule has 0 aromatic carbocycles. The van der Waals surface area contributed by atoms with Gasteiger partial charge < -0.3 is 21.3 Å². The Balaban J connectivity index is 2.15. The molecular formula is C11H18N6O. The van der Waals surface area contributed by atoms with Crippen molar-refractivity contribution in [2.24, 2.45) is 22.2 Å². The largest absolute Gasteiger partial charge is 0.385 e. The first-order valence-corrected chi connectivity index (χ1v) is 5.73. The molecule has 18 heavy (non-hydrogen) atoms. The molecule has 1 atom stereocenters. The number of aliphatic imine (C=N–C) groups is 1. The zero-order chi connectivity index (χ0) is 13.3. The Morgan fingerprint density at radius 3 is 2.72 bits per heavy atom. The molecule has 2 heterocycles. The summed E-state index contributed by atoms with van der Waals surface area (Å²) < 4.78 is 5.22. The van der Waals surface area contributed by atoms with E-state index in [4.69, 9.17) is 21.7 Å². The van der Waals surface area contributed by atoms with Gasteiger partial charge in [0.1, 0.15) is 17.4 Å². The van der Waals surface area contributed by atoms with E-state index in [9.17, 15) is 0 Å². The summed E-state index contributed by atoms with van der Waals surface area (Å²) in [6.07, 6.45) is 1.84. The third kappa shape index (κ3) is 2.62. The van der Waals surface area contributed by atoms with Gasteiger partial charge in [-0.15, -0.1) is 0 Å². The fourth-order valence-electron chi connectivity index (χ4n) is 1.77. The molecule has 0 spiro atoms. The van der Waals surface area contributed by atoms with Crippen LogP contribution in [0.4, 0.5) is 0 Å². The molecule has 1 aromatic heterocycles. The predicted octanol–water partition coefficient (Wildman–Crippen LogP) is -0.286. The van der Waals surface area contributed by atoms with Gasteiger partial charge in [0.2, 0.25) is 0 Å². The Bertz CT molecular complexity index is 503. The first-order valence-electron chi connectivity index (χ1n) is 5.73. The zero-order valence-corrected chi connectivity index (χ0v) is 10.5. The fourth-order valence-corrected chi connectivity index (χ4v) is 1.77. The van der Waals surface area contributed by atoms with E-state index in [0.717, 1.165) is 5.69 Å². The van der Waals surface area contributed by atoms with Crippen molar-refractivity contribution in [3.05, 3.63) is 29.4 Å². The smallest absolute Gasteiger partial charge is 0.192 e. The molecule has 0 saturated carbocycles. The molecule has 0 amide bonds. The number of aromatic nitrogens is 1. The predicted molar refractivity (Wildman–Crippen MR) is 68.2 cm³/mol. The van der Waals surface area contributed by atoms with Gasteiger partial charge in [-0.2, -0.15) is 0 Å². The Labute approximate surface area is 105 Å². The standard InChI is InChI=1S/C11H18N6O/c1-6(2)8-3-7(18-17-8)5-11(14)15-9(12)4-10(13)16-11/h3-4,6,15H,5,12,14H2,1-2H3,(H2,13,16). The van der Waals surface area contributed by atoms with E-state index >= 15 is 0 Å². The van der Waals surface area contributed by atoms with Crippen molar-refractivity contribution in [2.45, 2.75) is 32.0 Å². The molecule has 1 aromatic rings. The molecule has 0 bridgehead atoms. The average molecular weight is 250 g/mol. The minimum Gasteiger partial charge on any atom is -0.385 e. The lowest BCUT2D eigenvalue weighted by molar-refractivity contribution is 0.309. The molecule has 1 unspecified atom stereocenters. The van der Waals surface area contributed by atoms with Crippen molar-refractivity contribution in [3.63, 3.8) is 0 Å². The van der Waals surface area contributed by atoms with Crippen molar-refractivity contribution >= 4 is 5.84 Å². The molecule has 0 aliphatic carbocycles. The molecule has 1 aliphatic heterocycles. The van der Waals surface area contributed by atoms with Crippen LogP contribution in [0.3, 0.4) is 0 Å². The van der Waals surface area contributed by atoms with E-state index in [2.05, 4.69) is 15.5 Å². The van der Waals surface area contributed by atoms with Crippen LogP contribution in [0.25, 0.3) is 0 Å². The first kappa shape index (κ1) is 12.4. The maximum absolute atomic E-state index is 6.07. The molecule has 7 heteroatoms. The number of hydrogen-bond acceptors (Lipinski definition) is 7. The van der Waals surface area contributed by atoms with E-state index in [-0.39, 0.29) is 5.84 Å². The summed E-state index contributed by atoms with van der Waals surface area (Å²) in [5.41, 5.74) is 18.3. The molecule has 0 fully saturated rings. The van der Waals surface area contributed by atoms with E-state index in [1.165, 1.54) is 6.08 Å². The highest BCUT2D eigenvalue weighted by Crippen LogP contribution is 2.18. The molecule has 1 aliphatic rings. The van der Waals surface area contributed by atoms with Gasteiger partial charge in [0.05, 0.1) is 12.1 Å². The molecule has 98 valence electrons. The minimum atomic E-state index is -1.09. The lowest BCUT2D eigenvalue weighted by Crippen LogP contribution is -2.57. The van der Waals surface area contributed by atoms with Crippen LogP contribution < -0.4 is 22.5 Å². The number of nitrogens with two attached hydrogens (primary N) is 3. The van der Waals surface area contributed by atoms with Crippen LogP contribution in [-0.2, 0) is 6.42 Å². The summed E-state index contributed by atoms with van der Waals surface area (Å²) in [4.78, 5) is 4.13. The van der Waals surface area contributed by atoms with Gasteiger partial charge in [0.25, 0.3) is 0 Å². The van der Waals surface area contributed by atoms with Crippen molar-refractivity contribution in [2.75, 3.05) is 0 Å². The number of amidine groups is 1. The molecule has 7 nitrogen and oxygen atoms in total. The Hall–Kier alpha value is -2.02. The van der Waals surface area contributed by atoms with E-state index in [1.54, 1.807) is 0 Å². The highest BCUT2D eigenvalue weighted by molar-refractivity contribution is 5.92. The molecule has 7 N–H and O–H groups in total. The molecular weight excluding hydrogens is 232 g/mol. The summed E-state index contributed by atoms with van der Waals surface area (Å²) in [5.74, 6) is 0.524. The second-order valence-corrected chi connectivity index (χ2v) is 4.74.